The highest BCUT2D eigenvalue weighted by Crippen LogP contribution is 2.37. The summed E-state index contributed by atoms with van der Waals surface area (Å²) >= 11 is 6.79. The van der Waals surface area contributed by atoms with Crippen LogP contribution < -0.4 is 29.8 Å². The fourth-order valence-electron chi connectivity index (χ4n) is 2.49. The number of carbonyl (C=O) groups is 1. The van der Waals surface area contributed by atoms with Crippen LogP contribution in [0, 0.1) is 24.7 Å². The van der Waals surface area contributed by atoms with Crippen LogP contribution >= 0.6 is 31.9 Å². The second-order valence-electron chi connectivity index (χ2n) is 6.12. The number of methoxy groups -OCH3 is 2. The van der Waals surface area contributed by atoms with Gasteiger partial charge in [-0.15, -0.1) is 12.8 Å². The predicted octanol–water partition coefficient (Wildman–Crippen LogP) is 3.92. The van der Waals surface area contributed by atoms with Gasteiger partial charge >= 0.3 is 6.03 Å². The van der Waals surface area contributed by atoms with Gasteiger partial charge in [-0.3, -0.25) is 0 Å². The van der Waals surface area contributed by atoms with E-state index in [1.165, 1.54) is 26.6 Å². The number of nitrogens with zero attached hydrogens (tertiary/aromatic N) is 2. The molecule has 0 saturated carbocycles. The van der Waals surface area contributed by atoms with Crippen LogP contribution in [0.1, 0.15) is 11.1 Å². The minimum atomic E-state index is -0.646. The lowest BCUT2D eigenvalue weighted by Crippen LogP contribution is -2.28. The van der Waals surface area contributed by atoms with Gasteiger partial charge in [-0.2, -0.15) is 10.2 Å². The number of amides is 2. The van der Waals surface area contributed by atoms with Gasteiger partial charge in [-0.25, -0.2) is 15.6 Å². The van der Waals surface area contributed by atoms with Crippen LogP contribution in [0.15, 0.2) is 43.4 Å². The summed E-state index contributed by atoms with van der Waals surface area (Å²) in [6.45, 7) is 0.191. The first kappa shape index (κ1) is 26.6. The molecule has 9 nitrogen and oxygen atoms in total. The van der Waals surface area contributed by atoms with E-state index in [0.717, 1.165) is 0 Å². The molecule has 0 fully saturated rings. The van der Waals surface area contributed by atoms with Crippen LogP contribution in [0.25, 0.3) is 0 Å². The molecule has 0 unspecified atom stereocenters. The minimum absolute atomic E-state index is 0.0953. The Hall–Kier alpha value is -3.67. The van der Waals surface area contributed by atoms with Crippen molar-refractivity contribution in [1.82, 2.24) is 10.9 Å². The average Bonchev–Trinajstić information content (AvgIpc) is 2.82. The standard InChI is InChI=1S/C23H20Br2N4O5/c1-5-7-33-21-17(24)9-15(11-19(21)31-3)13-26-28-23(30)29-27-14-16-10-18(25)22(34-8-6-2)20(12-16)32-4/h1-2,9-14H,7-8H2,3-4H3,(H2,28,29,30)/b26-13-,27-14-. The maximum Gasteiger partial charge on any atom is 0.355 e. The van der Waals surface area contributed by atoms with Crippen molar-refractivity contribution in [2.45, 2.75) is 0 Å². The molecule has 11 heteroatoms. The normalized spacial score (nSPS) is 10.4. The first-order valence-corrected chi connectivity index (χ1v) is 11.0. The lowest BCUT2D eigenvalue weighted by Gasteiger charge is -2.11. The first-order valence-electron chi connectivity index (χ1n) is 9.43. The summed E-state index contributed by atoms with van der Waals surface area (Å²) in [7, 11) is 3.00. The minimum Gasteiger partial charge on any atom is -0.493 e. The van der Waals surface area contributed by atoms with Gasteiger partial charge in [0, 0.05) is 0 Å². The van der Waals surface area contributed by atoms with Crippen LogP contribution in [0.4, 0.5) is 4.79 Å². The third-order valence-electron chi connectivity index (χ3n) is 3.86. The van der Waals surface area contributed by atoms with Crippen molar-refractivity contribution in [1.29, 1.82) is 0 Å². The van der Waals surface area contributed by atoms with E-state index in [1.54, 1.807) is 24.3 Å². The van der Waals surface area contributed by atoms with E-state index in [9.17, 15) is 4.79 Å². The molecule has 0 aliphatic rings. The Balaban J connectivity index is 1.98. The highest BCUT2D eigenvalue weighted by Gasteiger charge is 2.12. The molecule has 2 amide bonds. The van der Waals surface area contributed by atoms with Crippen LogP contribution in [-0.2, 0) is 0 Å². The molecule has 176 valence electrons. The lowest BCUT2D eigenvalue weighted by molar-refractivity contribution is 0.242. The van der Waals surface area contributed by atoms with E-state index < -0.39 is 6.03 Å². The van der Waals surface area contributed by atoms with E-state index in [2.05, 4.69) is 64.8 Å². The third-order valence-corrected chi connectivity index (χ3v) is 5.04. The summed E-state index contributed by atoms with van der Waals surface area (Å²) < 4.78 is 22.8. The number of carbonyl (C=O) groups excluding carboxylic acids is 1. The topological polar surface area (TPSA) is 103 Å². The molecule has 34 heavy (non-hydrogen) atoms. The van der Waals surface area contributed by atoms with Crippen molar-refractivity contribution in [3.63, 3.8) is 0 Å². The largest absolute Gasteiger partial charge is 0.493 e. The Morgan fingerprint density at radius 3 is 1.65 bits per heavy atom. The number of hydrogen-bond donors (Lipinski definition) is 2. The Morgan fingerprint density at radius 1 is 0.882 bits per heavy atom. The zero-order valence-corrected chi connectivity index (χ0v) is 21.4. The number of benzene rings is 2. The molecule has 2 rings (SSSR count). The molecular weight excluding hydrogens is 572 g/mol. The van der Waals surface area contributed by atoms with Gasteiger partial charge in [0.05, 0.1) is 35.6 Å². The molecule has 0 atom stereocenters. The molecule has 0 saturated heterocycles. The molecule has 0 bridgehead atoms. The summed E-state index contributed by atoms with van der Waals surface area (Å²) in [5.41, 5.74) is 5.90. The van der Waals surface area contributed by atoms with Gasteiger partial charge in [0.1, 0.15) is 13.2 Å². The van der Waals surface area contributed by atoms with Gasteiger partial charge in [0.25, 0.3) is 0 Å². The van der Waals surface area contributed by atoms with E-state index >= 15 is 0 Å². The number of rotatable bonds is 10. The molecule has 2 aromatic rings. The van der Waals surface area contributed by atoms with Crippen molar-refractivity contribution >= 4 is 50.3 Å². The van der Waals surface area contributed by atoms with Crippen molar-refractivity contribution in [2.75, 3.05) is 27.4 Å². The van der Waals surface area contributed by atoms with Crippen molar-refractivity contribution in [3.8, 4) is 47.7 Å². The van der Waals surface area contributed by atoms with Gasteiger partial charge in [0.15, 0.2) is 23.0 Å². The number of hydrazone groups is 2. The van der Waals surface area contributed by atoms with Gasteiger partial charge in [-0.1, -0.05) is 11.8 Å². The Labute approximate surface area is 214 Å². The Kier molecular flexibility index (Phi) is 10.8. The van der Waals surface area contributed by atoms with Crippen molar-refractivity contribution < 1.29 is 23.7 Å². The van der Waals surface area contributed by atoms with Crippen LogP contribution in [0.5, 0.6) is 23.0 Å². The monoisotopic (exact) mass is 590 g/mol. The zero-order chi connectivity index (χ0) is 24.9. The highest BCUT2D eigenvalue weighted by molar-refractivity contribution is 9.11. The number of ether oxygens (including phenoxy) is 4. The first-order chi connectivity index (χ1) is 16.4. The molecule has 2 aromatic carbocycles. The molecule has 0 aromatic heterocycles. The Bertz CT molecular complexity index is 1080. The number of terminal acetylenes is 2. The molecule has 0 aliphatic heterocycles. The van der Waals surface area contributed by atoms with Crippen molar-refractivity contribution in [3.05, 3.63) is 44.3 Å². The quantitative estimate of drug-likeness (QED) is 0.248. The third kappa shape index (κ3) is 7.73. The van der Waals surface area contributed by atoms with Crippen LogP contribution in [0.3, 0.4) is 0 Å². The average molecular weight is 592 g/mol. The van der Waals surface area contributed by atoms with Crippen molar-refractivity contribution in [2.24, 2.45) is 10.2 Å². The number of halogens is 2. The second kappa shape index (κ2) is 13.8. The summed E-state index contributed by atoms with van der Waals surface area (Å²) in [5.74, 6) is 6.63. The molecule has 0 aliphatic carbocycles. The molecular formula is C23H20Br2N4O5. The van der Waals surface area contributed by atoms with Crippen LogP contribution in [0.2, 0.25) is 0 Å². The van der Waals surface area contributed by atoms with E-state index in [-0.39, 0.29) is 13.2 Å². The smallest absolute Gasteiger partial charge is 0.355 e. The fourth-order valence-corrected chi connectivity index (χ4v) is 3.64. The fraction of sp³-hybridized carbons (Fsp3) is 0.174. The molecule has 0 heterocycles. The number of hydrogen-bond acceptors (Lipinski definition) is 7. The SMILES string of the molecule is C#CCOc1c(Br)cc(/C=N\NC(=O)N/N=C\c2cc(Br)c(OCC#C)c(OC)c2)cc1OC. The van der Waals surface area contributed by atoms with Gasteiger partial charge < -0.3 is 18.9 Å². The highest BCUT2D eigenvalue weighted by atomic mass is 79.9. The van der Waals surface area contributed by atoms with Gasteiger partial charge in [-0.05, 0) is 67.3 Å². The summed E-state index contributed by atoms with van der Waals surface area (Å²) in [4.78, 5) is 12.0. The number of nitrogens with one attached hydrogen (secondary N) is 2. The molecule has 0 spiro atoms. The molecule has 2 N–H and O–H groups in total. The van der Waals surface area contributed by atoms with Gasteiger partial charge in [0.2, 0.25) is 0 Å². The van der Waals surface area contributed by atoms with E-state index in [1.807, 2.05) is 0 Å². The van der Waals surface area contributed by atoms with Crippen LogP contribution in [-0.4, -0.2) is 45.9 Å². The maximum absolute atomic E-state index is 12.0. The predicted molar refractivity (Wildman–Crippen MR) is 137 cm³/mol. The second-order valence-corrected chi connectivity index (χ2v) is 7.83. The summed E-state index contributed by atoms with van der Waals surface area (Å²) in [6, 6.07) is 6.18. The van der Waals surface area contributed by atoms with E-state index in [4.69, 9.17) is 31.8 Å². The summed E-state index contributed by atoms with van der Waals surface area (Å²) in [5, 5.41) is 7.77. The van der Waals surface area contributed by atoms with E-state index in [0.29, 0.717) is 43.1 Å². The molecule has 0 radical (unpaired) electrons. The maximum atomic E-state index is 12.0. The summed E-state index contributed by atoms with van der Waals surface area (Å²) in [6.07, 6.45) is 13.3. The zero-order valence-electron chi connectivity index (χ0n) is 18.2. The lowest BCUT2D eigenvalue weighted by atomic mass is 10.2. The Morgan fingerprint density at radius 2 is 1.29 bits per heavy atom. The number of urea groups is 1.